The highest BCUT2D eigenvalue weighted by molar-refractivity contribution is 7.84. The van der Waals surface area contributed by atoms with E-state index in [1.165, 1.54) is 34.1 Å². The van der Waals surface area contributed by atoms with E-state index >= 15 is 0 Å². The van der Waals surface area contributed by atoms with Gasteiger partial charge in [0.2, 0.25) is 0 Å². The number of hydrogen-bond acceptors (Lipinski definition) is 10. The smallest absolute Gasteiger partial charge is 0.305 e. The van der Waals surface area contributed by atoms with Crippen LogP contribution in [-0.4, -0.2) is 65.2 Å². The molecule has 1 fully saturated rings. The maximum Gasteiger partial charge on any atom is 0.305 e. The first-order valence-corrected chi connectivity index (χ1v) is 15.2. The maximum absolute atomic E-state index is 12.8. The van der Waals surface area contributed by atoms with Crippen molar-refractivity contribution in [2.45, 2.75) is 83.2 Å². The van der Waals surface area contributed by atoms with Gasteiger partial charge in [-0.1, -0.05) is 42.5 Å². The van der Waals surface area contributed by atoms with Crippen molar-refractivity contribution in [2.24, 2.45) is 0 Å². The molecule has 0 aliphatic carbocycles. The molecule has 6 atom stereocenters. The third-order valence-electron chi connectivity index (χ3n) is 6.92. The molecule has 0 amide bonds. The lowest BCUT2D eigenvalue weighted by Gasteiger charge is -2.44. The SMILES string of the molecule is COC(=O)CCCc1ccc(Cc2cc([C@@H]3O[C@H]([S@](C)=O)[C@@H](OC(C)=O)[C@H](OC(C)=O)[C@H]3OC(C)=O)ccc2C)cc1. The number of carbonyl (C=O) groups is 4. The number of ether oxygens (including phenoxy) is 5. The van der Waals surface area contributed by atoms with E-state index in [9.17, 15) is 23.4 Å². The minimum Gasteiger partial charge on any atom is -0.469 e. The summed E-state index contributed by atoms with van der Waals surface area (Å²) in [4.78, 5) is 47.5. The molecule has 0 aromatic heterocycles. The molecule has 10 nitrogen and oxygen atoms in total. The van der Waals surface area contributed by atoms with E-state index in [0.717, 1.165) is 28.7 Å². The molecule has 2 aromatic carbocycles. The second kappa shape index (κ2) is 15.1. The topological polar surface area (TPSA) is 132 Å². The van der Waals surface area contributed by atoms with Crippen LogP contribution in [0.4, 0.5) is 0 Å². The van der Waals surface area contributed by atoms with Gasteiger partial charge in [0.15, 0.2) is 23.7 Å². The Bertz CT molecular complexity index is 1310. The molecule has 0 saturated carbocycles. The van der Waals surface area contributed by atoms with E-state index in [-0.39, 0.29) is 5.97 Å². The summed E-state index contributed by atoms with van der Waals surface area (Å²) in [5.41, 5.74) is 3.66. The van der Waals surface area contributed by atoms with Crippen LogP contribution in [0.15, 0.2) is 42.5 Å². The Morgan fingerprint density at radius 3 is 1.98 bits per heavy atom. The first-order chi connectivity index (χ1) is 19.9. The van der Waals surface area contributed by atoms with Gasteiger partial charge in [-0.3, -0.25) is 23.4 Å². The highest BCUT2D eigenvalue weighted by Gasteiger charge is 2.53. The zero-order chi connectivity index (χ0) is 31.0. The van der Waals surface area contributed by atoms with Crippen LogP contribution < -0.4 is 0 Å². The Hall–Kier alpha value is -3.57. The van der Waals surface area contributed by atoms with Crippen LogP contribution in [0.5, 0.6) is 0 Å². The molecule has 0 spiro atoms. The summed E-state index contributed by atoms with van der Waals surface area (Å²) in [5.74, 6) is -2.25. The van der Waals surface area contributed by atoms with Crippen LogP contribution in [0, 0.1) is 6.92 Å². The van der Waals surface area contributed by atoms with Gasteiger partial charge in [0.25, 0.3) is 0 Å². The highest BCUT2D eigenvalue weighted by atomic mass is 32.2. The predicted molar refractivity (Wildman–Crippen MR) is 154 cm³/mol. The van der Waals surface area contributed by atoms with Crippen molar-refractivity contribution >= 4 is 34.7 Å². The zero-order valence-electron chi connectivity index (χ0n) is 24.7. The minimum atomic E-state index is -1.66. The normalized spacial score (nSPS) is 22.5. The van der Waals surface area contributed by atoms with Crippen LogP contribution in [0.25, 0.3) is 0 Å². The summed E-state index contributed by atoms with van der Waals surface area (Å²) in [6, 6.07) is 13.8. The Morgan fingerprint density at radius 2 is 1.40 bits per heavy atom. The van der Waals surface area contributed by atoms with Crippen molar-refractivity contribution in [1.29, 1.82) is 0 Å². The third-order valence-corrected chi connectivity index (χ3v) is 7.96. The number of aryl methyl sites for hydroxylation is 2. The van der Waals surface area contributed by atoms with E-state index < -0.39 is 58.6 Å². The van der Waals surface area contributed by atoms with E-state index in [1.807, 2.05) is 49.4 Å². The largest absolute Gasteiger partial charge is 0.469 e. The van der Waals surface area contributed by atoms with Gasteiger partial charge < -0.3 is 23.7 Å². The number of esters is 4. The van der Waals surface area contributed by atoms with Gasteiger partial charge in [0.05, 0.1) is 17.9 Å². The summed E-state index contributed by atoms with van der Waals surface area (Å²) in [6.45, 7) is 5.56. The number of rotatable bonds is 11. The summed E-state index contributed by atoms with van der Waals surface area (Å²) in [5, 5.41) is 0. The van der Waals surface area contributed by atoms with E-state index in [1.54, 1.807) is 0 Å². The summed E-state index contributed by atoms with van der Waals surface area (Å²) >= 11 is 0. The van der Waals surface area contributed by atoms with E-state index in [0.29, 0.717) is 24.8 Å². The average molecular weight is 603 g/mol. The number of hydrogen-bond donors (Lipinski definition) is 0. The molecule has 1 saturated heterocycles. The van der Waals surface area contributed by atoms with Gasteiger partial charge in [-0.05, 0) is 54.0 Å². The van der Waals surface area contributed by atoms with Crippen molar-refractivity contribution in [3.63, 3.8) is 0 Å². The summed E-state index contributed by atoms with van der Waals surface area (Å²) in [7, 11) is -0.282. The molecule has 0 N–H and O–H groups in total. The molecule has 11 heteroatoms. The lowest BCUT2D eigenvalue weighted by Crippen LogP contribution is -2.59. The second-order valence-electron chi connectivity index (χ2n) is 10.3. The Balaban J connectivity index is 1.92. The molecule has 228 valence electrons. The molecular formula is C31H38O10S. The van der Waals surface area contributed by atoms with E-state index in [2.05, 4.69) is 0 Å². The molecule has 2 aromatic rings. The third kappa shape index (κ3) is 8.96. The fourth-order valence-corrected chi connectivity index (χ4v) is 5.82. The molecule has 1 heterocycles. The molecule has 1 aliphatic rings. The number of carbonyl (C=O) groups excluding carboxylic acids is 4. The maximum atomic E-state index is 12.8. The van der Waals surface area contributed by atoms with Crippen LogP contribution in [-0.2, 0) is 66.5 Å². The first-order valence-electron chi connectivity index (χ1n) is 13.6. The first kappa shape index (κ1) is 32.9. The van der Waals surface area contributed by atoms with Crippen LogP contribution in [0.3, 0.4) is 0 Å². The molecule has 0 unspecified atom stereocenters. The monoisotopic (exact) mass is 602 g/mol. The quantitative estimate of drug-likeness (QED) is 0.277. The molecule has 1 aliphatic heterocycles. The zero-order valence-corrected chi connectivity index (χ0v) is 25.6. The van der Waals surface area contributed by atoms with Crippen molar-refractivity contribution in [2.75, 3.05) is 13.4 Å². The Labute approximate surface area is 248 Å². The highest BCUT2D eigenvalue weighted by Crippen LogP contribution is 2.39. The van der Waals surface area contributed by atoms with Gasteiger partial charge in [0.1, 0.15) is 6.10 Å². The van der Waals surface area contributed by atoms with Crippen molar-refractivity contribution in [1.82, 2.24) is 0 Å². The fourth-order valence-electron chi connectivity index (χ4n) is 4.95. The van der Waals surface area contributed by atoms with Crippen LogP contribution >= 0.6 is 0 Å². The average Bonchev–Trinajstić information content (AvgIpc) is 2.91. The molecule has 3 rings (SSSR count). The molecule has 0 bridgehead atoms. The minimum absolute atomic E-state index is 0.225. The van der Waals surface area contributed by atoms with Crippen LogP contribution in [0.1, 0.15) is 67.5 Å². The number of benzene rings is 2. The van der Waals surface area contributed by atoms with Gasteiger partial charge >= 0.3 is 23.9 Å². The van der Waals surface area contributed by atoms with Gasteiger partial charge in [-0.15, -0.1) is 0 Å². The summed E-state index contributed by atoms with van der Waals surface area (Å²) in [6.07, 6.45) is -0.811. The van der Waals surface area contributed by atoms with Crippen molar-refractivity contribution in [3.05, 3.63) is 70.3 Å². The van der Waals surface area contributed by atoms with Crippen molar-refractivity contribution in [3.8, 4) is 0 Å². The fraction of sp³-hybridized carbons (Fsp3) is 0.484. The Morgan fingerprint density at radius 1 is 0.833 bits per heavy atom. The molecular weight excluding hydrogens is 564 g/mol. The molecule has 0 radical (unpaired) electrons. The lowest BCUT2D eigenvalue weighted by molar-refractivity contribution is -0.234. The van der Waals surface area contributed by atoms with Crippen molar-refractivity contribution < 1.29 is 47.1 Å². The number of methoxy groups -OCH3 is 1. The standard InChI is InChI=1S/C31H38O10S/c1-18-10-15-24(17-25(18)16-23-13-11-22(12-14-23)8-7-9-26(35)37-5)27-28(38-19(2)32)29(39-20(3)33)30(40-21(4)34)31(41-27)42(6)36/h10-15,17,27-31H,7-9,16H2,1-6H3/t27-,28-,29+,30-,31+,42-/m0/s1. The van der Waals surface area contributed by atoms with E-state index in [4.69, 9.17) is 23.7 Å². The Kier molecular flexibility index (Phi) is 11.8. The molecule has 42 heavy (non-hydrogen) atoms. The van der Waals surface area contributed by atoms with Crippen LogP contribution in [0.2, 0.25) is 0 Å². The van der Waals surface area contributed by atoms with Gasteiger partial charge in [0, 0.05) is 33.4 Å². The second-order valence-corrected chi connectivity index (χ2v) is 11.7. The van der Waals surface area contributed by atoms with Gasteiger partial charge in [-0.2, -0.15) is 0 Å². The van der Waals surface area contributed by atoms with Gasteiger partial charge in [-0.25, -0.2) is 0 Å². The summed E-state index contributed by atoms with van der Waals surface area (Å²) < 4.78 is 40.2. The lowest BCUT2D eigenvalue weighted by atomic mass is 9.90. The predicted octanol–water partition coefficient (Wildman–Crippen LogP) is 3.65.